The molecule has 3 N–H and O–H groups in total. The summed E-state index contributed by atoms with van der Waals surface area (Å²) < 4.78 is 19.0. The Kier molecular flexibility index (Phi) is 3.28. The highest BCUT2D eigenvalue weighted by molar-refractivity contribution is 5.22. The average Bonchev–Trinajstić information content (AvgIpc) is 2.60. The van der Waals surface area contributed by atoms with Gasteiger partial charge in [0.05, 0.1) is 6.61 Å². The van der Waals surface area contributed by atoms with Crippen LogP contribution in [-0.2, 0) is 4.74 Å². The lowest BCUT2D eigenvalue weighted by molar-refractivity contribution is -0.0227. The first-order chi connectivity index (χ1) is 8.04. The summed E-state index contributed by atoms with van der Waals surface area (Å²) in [7, 11) is 0. The van der Waals surface area contributed by atoms with E-state index in [0.717, 1.165) is 0 Å². The maximum absolute atomic E-state index is 13.8. The molecule has 17 heavy (non-hydrogen) atoms. The van der Waals surface area contributed by atoms with Crippen molar-refractivity contribution >= 4 is 0 Å². The van der Waals surface area contributed by atoms with Gasteiger partial charge in [0.1, 0.15) is 18.3 Å². The Hall–Kier alpha value is -1.24. The van der Waals surface area contributed by atoms with E-state index >= 15 is 0 Å². The van der Waals surface area contributed by atoms with Crippen LogP contribution in [0.4, 0.5) is 4.39 Å². The smallest absolute Gasteiger partial charge is 0.250 e. The first kappa shape index (κ1) is 12.2. The number of aromatic nitrogens is 1. The van der Waals surface area contributed by atoms with Crippen LogP contribution < -0.4 is 5.56 Å². The van der Waals surface area contributed by atoms with Crippen molar-refractivity contribution in [2.45, 2.75) is 31.4 Å². The van der Waals surface area contributed by atoms with Gasteiger partial charge < -0.3 is 19.9 Å². The third-order valence-corrected chi connectivity index (χ3v) is 2.94. The Morgan fingerprint density at radius 1 is 1.59 bits per heavy atom. The summed E-state index contributed by atoms with van der Waals surface area (Å²) in [6, 6.07) is 1.52. The lowest BCUT2D eigenvalue weighted by atomic mass is 10.0. The number of pyridine rings is 1. The highest BCUT2D eigenvalue weighted by Crippen LogP contribution is 2.35. The Labute approximate surface area is 96.9 Å². The van der Waals surface area contributed by atoms with Crippen LogP contribution in [0.3, 0.4) is 0 Å². The number of hydrogen-bond donors (Lipinski definition) is 3. The van der Waals surface area contributed by atoms with Gasteiger partial charge in [-0.05, 0) is 13.0 Å². The molecule has 0 aliphatic carbocycles. The number of rotatable bonds is 2. The Balaban J connectivity index is 2.28. The molecule has 1 aliphatic rings. The van der Waals surface area contributed by atoms with Gasteiger partial charge >= 0.3 is 0 Å². The molecule has 94 valence electrons. The number of ether oxygens (including phenoxy) is 1. The maximum Gasteiger partial charge on any atom is 0.250 e. The highest BCUT2D eigenvalue weighted by Gasteiger charge is 2.44. The second-order valence-electron chi connectivity index (χ2n) is 4.16. The molecular formula is C11H14FNO4. The largest absolute Gasteiger partial charge is 0.394 e. The molecule has 2 rings (SSSR count). The van der Waals surface area contributed by atoms with Crippen molar-refractivity contribution in [3.05, 3.63) is 33.7 Å². The fourth-order valence-electron chi connectivity index (χ4n) is 1.93. The topological polar surface area (TPSA) is 82.5 Å². The predicted molar refractivity (Wildman–Crippen MR) is 57.4 cm³/mol. The summed E-state index contributed by atoms with van der Waals surface area (Å²) in [6.07, 6.45) is -3.49. The number of aliphatic hydroxyl groups excluding tert-OH is 2. The van der Waals surface area contributed by atoms with Crippen molar-refractivity contribution in [3.63, 3.8) is 0 Å². The molecule has 5 nitrogen and oxygen atoms in total. The molecule has 2 heterocycles. The van der Waals surface area contributed by atoms with Gasteiger partial charge in [-0.25, -0.2) is 4.39 Å². The number of hydrogen-bond acceptors (Lipinski definition) is 4. The molecule has 0 amide bonds. The maximum atomic E-state index is 13.8. The van der Waals surface area contributed by atoms with Gasteiger partial charge in [0.2, 0.25) is 0 Å². The number of halogens is 1. The average molecular weight is 243 g/mol. The summed E-state index contributed by atoms with van der Waals surface area (Å²) >= 11 is 0. The quantitative estimate of drug-likeness (QED) is 0.672. The monoisotopic (exact) mass is 243 g/mol. The Morgan fingerprint density at radius 2 is 2.29 bits per heavy atom. The number of H-pyrrole nitrogens is 1. The lowest BCUT2D eigenvalue weighted by Gasteiger charge is -2.13. The number of alkyl halides is 1. The van der Waals surface area contributed by atoms with E-state index in [1.165, 1.54) is 12.3 Å². The third kappa shape index (κ3) is 2.11. The van der Waals surface area contributed by atoms with Gasteiger partial charge in [-0.1, -0.05) is 0 Å². The van der Waals surface area contributed by atoms with Crippen LogP contribution in [0.2, 0.25) is 0 Å². The van der Waals surface area contributed by atoms with E-state index < -0.39 is 31.1 Å². The van der Waals surface area contributed by atoms with E-state index in [2.05, 4.69) is 4.98 Å². The summed E-state index contributed by atoms with van der Waals surface area (Å²) in [5.74, 6) is 0. The molecule has 0 bridgehead atoms. The minimum atomic E-state index is -1.61. The minimum Gasteiger partial charge on any atom is -0.394 e. The van der Waals surface area contributed by atoms with Crippen LogP contribution in [0.15, 0.2) is 17.1 Å². The van der Waals surface area contributed by atoms with Crippen molar-refractivity contribution in [1.82, 2.24) is 4.98 Å². The normalized spacial score (nSPS) is 32.9. The van der Waals surface area contributed by atoms with Crippen LogP contribution >= 0.6 is 0 Å². The summed E-state index contributed by atoms with van der Waals surface area (Å²) in [4.78, 5) is 13.6. The molecule has 1 aromatic rings. The zero-order valence-corrected chi connectivity index (χ0v) is 9.26. The summed E-state index contributed by atoms with van der Waals surface area (Å²) in [5.41, 5.74) is 0.645. The number of aryl methyl sites for hydroxylation is 1. The van der Waals surface area contributed by atoms with Gasteiger partial charge in [-0.3, -0.25) is 4.79 Å². The molecular weight excluding hydrogens is 229 g/mol. The summed E-state index contributed by atoms with van der Waals surface area (Å²) in [6.45, 7) is 1.16. The van der Waals surface area contributed by atoms with E-state index in [4.69, 9.17) is 9.84 Å². The molecule has 2 unspecified atom stereocenters. The molecule has 0 spiro atoms. The third-order valence-electron chi connectivity index (χ3n) is 2.94. The molecule has 6 heteroatoms. The van der Waals surface area contributed by atoms with Gasteiger partial charge in [-0.15, -0.1) is 0 Å². The molecule has 0 radical (unpaired) electrons. The van der Waals surface area contributed by atoms with Gasteiger partial charge in [-0.2, -0.15) is 0 Å². The second-order valence-corrected chi connectivity index (χ2v) is 4.16. The molecule has 1 saturated heterocycles. The predicted octanol–water partition coefficient (Wildman–Crippen LogP) is -0.185. The van der Waals surface area contributed by atoms with E-state index in [-0.39, 0.29) is 5.56 Å². The standard InChI is InChI=1S/C11H14FNO4/c1-5-2-6(3-13-11(5)16)10-8(12)9(15)7(4-14)17-10/h2-3,7-10,14-15H,4H2,1H3,(H,13,16)/t7-,8?,9?,10+/m1/s1. The van der Waals surface area contributed by atoms with E-state index in [0.29, 0.717) is 11.1 Å². The van der Waals surface area contributed by atoms with Crippen LogP contribution in [-0.4, -0.2) is 40.2 Å². The first-order valence-corrected chi connectivity index (χ1v) is 5.32. The fourth-order valence-corrected chi connectivity index (χ4v) is 1.93. The molecule has 1 fully saturated rings. The molecule has 0 aromatic carbocycles. The lowest BCUT2D eigenvalue weighted by Crippen LogP contribution is -2.30. The molecule has 0 saturated carbocycles. The zero-order chi connectivity index (χ0) is 12.6. The van der Waals surface area contributed by atoms with Crippen LogP contribution in [0.5, 0.6) is 0 Å². The van der Waals surface area contributed by atoms with E-state index in [9.17, 15) is 14.3 Å². The Morgan fingerprint density at radius 3 is 2.82 bits per heavy atom. The fraction of sp³-hybridized carbons (Fsp3) is 0.545. The molecule has 4 atom stereocenters. The van der Waals surface area contributed by atoms with Crippen molar-refractivity contribution in [2.75, 3.05) is 6.61 Å². The number of nitrogens with one attached hydrogen (secondary N) is 1. The second kappa shape index (κ2) is 4.56. The van der Waals surface area contributed by atoms with Gasteiger partial charge in [0.15, 0.2) is 6.17 Å². The van der Waals surface area contributed by atoms with E-state index in [1.54, 1.807) is 6.92 Å². The number of aliphatic hydroxyl groups is 2. The van der Waals surface area contributed by atoms with Crippen LogP contribution in [0.1, 0.15) is 17.2 Å². The highest BCUT2D eigenvalue weighted by atomic mass is 19.1. The SMILES string of the molecule is Cc1cc([C@@H]2O[C@H](CO)C(O)C2F)c[nH]c1=O. The summed E-state index contributed by atoms with van der Waals surface area (Å²) in [5, 5.41) is 18.4. The molecule has 1 aliphatic heterocycles. The van der Waals surface area contributed by atoms with Crippen molar-refractivity contribution in [2.24, 2.45) is 0 Å². The Bertz CT molecular complexity index is 461. The van der Waals surface area contributed by atoms with Crippen molar-refractivity contribution < 1.29 is 19.3 Å². The molecule has 1 aromatic heterocycles. The zero-order valence-electron chi connectivity index (χ0n) is 9.26. The number of aromatic amines is 1. The van der Waals surface area contributed by atoms with Gasteiger partial charge in [0.25, 0.3) is 5.56 Å². The van der Waals surface area contributed by atoms with Crippen molar-refractivity contribution in [3.8, 4) is 0 Å². The van der Waals surface area contributed by atoms with Crippen LogP contribution in [0, 0.1) is 6.92 Å². The van der Waals surface area contributed by atoms with Crippen LogP contribution in [0.25, 0.3) is 0 Å². The van der Waals surface area contributed by atoms with E-state index in [1.807, 2.05) is 0 Å². The minimum absolute atomic E-state index is 0.249. The van der Waals surface area contributed by atoms with Gasteiger partial charge in [0, 0.05) is 17.3 Å². The first-order valence-electron chi connectivity index (χ1n) is 5.32. The van der Waals surface area contributed by atoms with Crippen molar-refractivity contribution in [1.29, 1.82) is 0 Å².